The molecule has 0 saturated carbocycles. The van der Waals surface area contributed by atoms with Gasteiger partial charge in [-0.1, -0.05) is 0 Å². The fourth-order valence-corrected chi connectivity index (χ4v) is 1.30. The molecule has 1 aromatic rings. The smallest absolute Gasteiger partial charge is 0.316 e. The predicted octanol–water partition coefficient (Wildman–Crippen LogP) is 1.47. The van der Waals surface area contributed by atoms with Crippen LogP contribution in [0.15, 0.2) is 18.3 Å². The lowest BCUT2D eigenvalue weighted by Crippen LogP contribution is -2.23. The van der Waals surface area contributed by atoms with Gasteiger partial charge in [-0.15, -0.1) is 0 Å². The first-order valence-electron chi connectivity index (χ1n) is 5.31. The molecule has 0 aromatic carbocycles. The van der Waals surface area contributed by atoms with Crippen molar-refractivity contribution < 1.29 is 19.1 Å². The van der Waals surface area contributed by atoms with Crippen molar-refractivity contribution in [2.45, 2.75) is 13.8 Å². The highest BCUT2D eigenvalue weighted by Gasteiger charge is 2.24. The van der Waals surface area contributed by atoms with E-state index in [0.29, 0.717) is 11.4 Å². The summed E-state index contributed by atoms with van der Waals surface area (Å²) in [6, 6.07) is 3.04. The van der Waals surface area contributed by atoms with Gasteiger partial charge in [0, 0.05) is 17.8 Å². The van der Waals surface area contributed by atoms with E-state index in [4.69, 9.17) is 9.47 Å². The first kappa shape index (κ1) is 13.2. The molecular formula is C12H15NO4. The van der Waals surface area contributed by atoms with Crippen LogP contribution in [0.1, 0.15) is 24.2 Å². The van der Waals surface area contributed by atoms with Crippen molar-refractivity contribution in [1.82, 2.24) is 4.98 Å². The summed E-state index contributed by atoms with van der Waals surface area (Å²) in [4.78, 5) is 27.3. The summed E-state index contributed by atoms with van der Waals surface area (Å²) in [5.41, 5.74) is 0.386. The molecule has 0 bridgehead atoms. The minimum Gasteiger partial charge on any atom is -0.481 e. The van der Waals surface area contributed by atoms with Crippen LogP contribution < -0.4 is 4.74 Å². The molecule has 5 heteroatoms. The molecule has 5 nitrogen and oxygen atoms in total. The first-order valence-corrected chi connectivity index (χ1v) is 5.31. The topological polar surface area (TPSA) is 65.5 Å². The van der Waals surface area contributed by atoms with Crippen molar-refractivity contribution in [3.8, 4) is 5.88 Å². The third kappa shape index (κ3) is 3.27. The van der Waals surface area contributed by atoms with E-state index in [0.717, 1.165) is 0 Å². The molecule has 0 aliphatic carbocycles. The Morgan fingerprint density at radius 2 is 2.18 bits per heavy atom. The maximum Gasteiger partial charge on any atom is 0.316 e. The number of hydrogen-bond donors (Lipinski definition) is 0. The summed E-state index contributed by atoms with van der Waals surface area (Å²) in [5.74, 6) is -1.30. The summed E-state index contributed by atoms with van der Waals surface area (Å²) in [6.07, 6.45) is 1.46. The van der Waals surface area contributed by atoms with Gasteiger partial charge in [0.15, 0.2) is 5.78 Å². The molecule has 1 aromatic heterocycles. The number of rotatable bonds is 5. The number of hydrogen-bond acceptors (Lipinski definition) is 5. The molecule has 1 heterocycles. The molecule has 0 spiro atoms. The molecule has 1 rings (SSSR count). The van der Waals surface area contributed by atoms with Crippen LogP contribution in [0.5, 0.6) is 5.88 Å². The quantitative estimate of drug-likeness (QED) is 0.441. The second-order valence-electron chi connectivity index (χ2n) is 3.42. The summed E-state index contributed by atoms with van der Waals surface area (Å²) in [5, 5.41) is 0. The van der Waals surface area contributed by atoms with Crippen molar-refractivity contribution in [3.05, 3.63) is 23.9 Å². The Labute approximate surface area is 99.8 Å². The van der Waals surface area contributed by atoms with E-state index in [1.165, 1.54) is 26.3 Å². The van der Waals surface area contributed by atoms with Crippen molar-refractivity contribution >= 4 is 11.8 Å². The number of esters is 1. The van der Waals surface area contributed by atoms with Gasteiger partial charge in [0.1, 0.15) is 5.92 Å². The number of carbonyl (C=O) groups excluding carboxylic acids is 2. The number of carbonyl (C=O) groups is 2. The van der Waals surface area contributed by atoms with Gasteiger partial charge in [0.05, 0.1) is 13.7 Å². The number of pyridine rings is 1. The van der Waals surface area contributed by atoms with E-state index in [9.17, 15) is 9.59 Å². The number of ether oxygens (including phenoxy) is 2. The fourth-order valence-electron chi connectivity index (χ4n) is 1.30. The molecule has 0 fully saturated rings. The largest absolute Gasteiger partial charge is 0.481 e. The molecule has 1 unspecified atom stereocenters. The monoisotopic (exact) mass is 237 g/mol. The zero-order chi connectivity index (χ0) is 12.8. The third-order valence-electron chi connectivity index (χ3n) is 2.26. The average Bonchev–Trinajstić information content (AvgIpc) is 2.37. The Morgan fingerprint density at radius 3 is 2.76 bits per heavy atom. The highest BCUT2D eigenvalue weighted by molar-refractivity contribution is 6.08. The lowest BCUT2D eigenvalue weighted by atomic mass is 10.0. The zero-order valence-electron chi connectivity index (χ0n) is 10.1. The zero-order valence-corrected chi connectivity index (χ0v) is 10.1. The Hall–Kier alpha value is -1.91. The van der Waals surface area contributed by atoms with E-state index in [1.54, 1.807) is 13.0 Å². The molecule has 0 saturated heterocycles. The van der Waals surface area contributed by atoms with E-state index >= 15 is 0 Å². The van der Waals surface area contributed by atoms with Gasteiger partial charge in [0.25, 0.3) is 0 Å². The van der Waals surface area contributed by atoms with E-state index < -0.39 is 11.9 Å². The Balaban J connectivity index is 2.84. The molecule has 0 amide bonds. The minimum absolute atomic E-state index is 0.260. The summed E-state index contributed by atoms with van der Waals surface area (Å²) in [7, 11) is 1.46. The van der Waals surface area contributed by atoms with E-state index in [1.807, 2.05) is 0 Å². The first-order chi connectivity index (χ1) is 8.10. The highest BCUT2D eigenvalue weighted by atomic mass is 16.5. The summed E-state index contributed by atoms with van der Waals surface area (Å²) < 4.78 is 9.71. The van der Waals surface area contributed by atoms with Gasteiger partial charge in [-0.2, -0.15) is 0 Å². The van der Waals surface area contributed by atoms with Crippen LogP contribution in [0, 0.1) is 5.92 Å². The van der Waals surface area contributed by atoms with Gasteiger partial charge in [-0.3, -0.25) is 9.59 Å². The third-order valence-corrected chi connectivity index (χ3v) is 2.26. The Kier molecular flexibility index (Phi) is 4.63. The fraction of sp³-hybridized carbons (Fsp3) is 0.417. The minimum atomic E-state index is -0.818. The number of methoxy groups -OCH3 is 1. The summed E-state index contributed by atoms with van der Waals surface area (Å²) in [6.45, 7) is 3.48. The normalized spacial score (nSPS) is 11.7. The standard InChI is InChI=1S/C12H15NO4/c1-4-17-12(15)8(2)11(14)9-5-6-13-10(7-9)16-3/h5-8H,4H2,1-3H3. The SMILES string of the molecule is CCOC(=O)C(C)C(=O)c1ccnc(OC)c1. The number of ketones is 1. The van der Waals surface area contributed by atoms with Gasteiger partial charge in [-0.25, -0.2) is 4.98 Å². The van der Waals surface area contributed by atoms with Crippen LogP contribution in [-0.2, 0) is 9.53 Å². The van der Waals surface area contributed by atoms with Crippen LogP contribution >= 0.6 is 0 Å². The molecule has 0 radical (unpaired) electrons. The molecule has 0 aliphatic rings. The van der Waals surface area contributed by atoms with Gasteiger partial charge < -0.3 is 9.47 Å². The van der Waals surface area contributed by atoms with Crippen molar-refractivity contribution in [1.29, 1.82) is 0 Å². The molecule has 0 N–H and O–H groups in total. The van der Waals surface area contributed by atoms with Crippen LogP contribution in [0.4, 0.5) is 0 Å². The van der Waals surface area contributed by atoms with Gasteiger partial charge >= 0.3 is 5.97 Å². The number of nitrogens with zero attached hydrogens (tertiary/aromatic N) is 1. The highest BCUT2D eigenvalue weighted by Crippen LogP contribution is 2.14. The van der Waals surface area contributed by atoms with Crippen molar-refractivity contribution in [3.63, 3.8) is 0 Å². The van der Waals surface area contributed by atoms with Crippen LogP contribution in [-0.4, -0.2) is 30.5 Å². The Bertz CT molecular complexity index is 417. The lowest BCUT2D eigenvalue weighted by Gasteiger charge is -2.09. The predicted molar refractivity (Wildman–Crippen MR) is 60.9 cm³/mol. The second-order valence-corrected chi connectivity index (χ2v) is 3.42. The average molecular weight is 237 g/mol. The molecular weight excluding hydrogens is 222 g/mol. The van der Waals surface area contributed by atoms with E-state index in [2.05, 4.69) is 4.98 Å². The van der Waals surface area contributed by atoms with Crippen molar-refractivity contribution in [2.24, 2.45) is 5.92 Å². The van der Waals surface area contributed by atoms with Crippen LogP contribution in [0.25, 0.3) is 0 Å². The summed E-state index contributed by atoms with van der Waals surface area (Å²) >= 11 is 0. The lowest BCUT2D eigenvalue weighted by molar-refractivity contribution is -0.145. The van der Waals surface area contributed by atoms with E-state index in [-0.39, 0.29) is 12.4 Å². The van der Waals surface area contributed by atoms with Crippen LogP contribution in [0.3, 0.4) is 0 Å². The maximum absolute atomic E-state index is 11.9. The molecule has 17 heavy (non-hydrogen) atoms. The maximum atomic E-state index is 11.9. The van der Waals surface area contributed by atoms with Crippen LogP contribution in [0.2, 0.25) is 0 Å². The molecule has 1 atom stereocenters. The number of Topliss-reactive ketones (excluding diaryl/α,β-unsaturated/α-hetero) is 1. The second kappa shape index (κ2) is 5.98. The molecule has 0 aliphatic heterocycles. The molecule has 92 valence electrons. The Morgan fingerprint density at radius 1 is 1.47 bits per heavy atom. The van der Waals surface area contributed by atoms with Gasteiger partial charge in [-0.05, 0) is 19.9 Å². The van der Waals surface area contributed by atoms with Gasteiger partial charge in [0.2, 0.25) is 5.88 Å². The number of aromatic nitrogens is 1. The van der Waals surface area contributed by atoms with Crippen molar-refractivity contribution in [2.75, 3.05) is 13.7 Å².